The Balaban J connectivity index is 0.00000160. The van der Waals surface area contributed by atoms with Crippen molar-refractivity contribution < 1.29 is 4.79 Å². The molecule has 2 aromatic heterocycles. The lowest BCUT2D eigenvalue weighted by molar-refractivity contribution is 0.0757. The number of carbonyl (C=O) groups excluding carboxylic acids is 1. The quantitative estimate of drug-likeness (QED) is 0.703. The molecule has 2 saturated carbocycles. The Morgan fingerprint density at radius 1 is 1.17 bits per heavy atom. The first kappa shape index (κ1) is 24.9. The predicted molar refractivity (Wildman–Crippen MR) is 126 cm³/mol. The van der Waals surface area contributed by atoms with Gasteiger partial charge in [-0.1, -0.05) is 20.3 Å². The molecule has 2 bridgehead atoms. The van der Waals surface area contributed by atoms with Crippen molar-refractivity contribution in [2.75, 3.05) is 0 Å². The number of halogens is 2. The van der Waals surface area contributed by atoms with Crippen LogP contribution < -0.4 is 11.1 Å². The molecule has 0 aromatic carbocycles. The largest absolute Gasteiger partial charge is 0.349 e. The maximum absolute atomic E-state index is 13.4. The summed E-state index contributed by atoms with van der Waals surface area (Å²) < 4.78 is 1.91. The van der Waals surface area contributed by atoms with E-state index in [0.29, 0.717) is 17.4 Å². The second kappa shape index (κ2) is 9.84. The van der Waals surface area contributed by atoms with Crippen molar-refractivity contribution in [1.82, 2.24) is 20.1 Å². The summed E-state index contributed by atoms with van der Waals surface area (Å²) in [7, 11) is 0. The predicted octanol–water partition coefficient (Wildman–Crippen LogP) is 4.62. The fourth-order valence-electron chi connectivity index (χ4n) is 5.15. The van der Waals surface area contributed by atoms with Gasteiger partial charge in [-0.25, -0.2) is 9.67 Å². The first-order valence-electron chi connectivity index (χ1n) is 10.8. The van der Waals surface area contributed by atoms with Gasteiger partial charge in [0.05, 0.1) is 17.1 Å². The van der Waals surface area contributed by atoms with Gasteiger partial charge in [0.25, 0.3) is 5.91 Å². The lowest BCUT2D eigenvalue weighted by Gasteiger charge is -2.45. The molecule has 0 aliphatic heterocycles. The Bertz CT molecular complexity index is 868. The van der Waals surface area contributed by atoms with E-state index in [1.54, 1.807) is 6.20 Å². The minimum atomic E-state index is 0. The van der Waals surface area contributed by atoms with Crippen LogP contribution in [0.4, 0.5) is 0 Å². The Kier molecular flexibility index (Phi) is 8.16. The second-order valence-electron chi connectivity index (χ2n) is 9.35. The molecule has 4 rings (SSSR count). The number of fused-ring (bicyclic) bond motifs is 3. The van der Waals surface area contributed by atoms with Crippen molar-refractivity contribution in [2.45, 2.75) is 83.8 Å². The number of nitrogens with one attached hydrogen (secondary N) is 1. The van der Waals surface area contributed by atoms with E-state index in [4.69, 9.17) is 10.7 Å². The highest BCUT2D eigenvalue weighted by Crippen LogP contribution is 2.40. The van der Waals surface area contributed by atoms with E-state index in [-0.39, 0.29) is 54.8 Å². The highest BCUT2D eigenvalue weighted by Gasteiger charge is 2.40. The molecule has 2 heterocycles. The first-order chi connectivity index (χ1) is 13.3. The molecule has 2 aliphatic rings. The number of nitrogens with zero attached hydrogens (tertiary/aromatic N) is 3. The molecule has 0 saturated heterocycles. The monoisotopic (exact) mass is 455 g/mol. The molecule has 2 aromatic rings. The van der Waals surface area contributed by atoms with E-state index in [1.165, 1.54) is 19.3 Å². The lowest BCUT2D eigenvalue weighted by atomic mass is 9.67. The zero-order valence-electron chi connectivity index (χ0n) is 18.3. The van der Waals surface area contributed by atoms with Gasteiger partial charge in [-0.15, -0.1) is 24.8 Å². The number of rotatable bonds is 4. The molecular formula is C22H35Cl2N5O. The van der Waals surface area contributed by atoms with Gasteiger partial charge in [0.1, 0.15) is 0 Å². The van der Waals surface area contributed by atoms with E-state index >= 15 is 0 Å². The van der Waals surface area contributed by atoms with Crippen molar-refractivity contribution >= 4 is 41.8 Å². The summed E-state index contributed by atoms with van der Waals surface area (Å²) in [6, 6.07) is 2.68. The molecule has 1 amide bonds. The highest BCUT2D eigenvalue weighted by molar-refractivity contribution is 6.05. The summed E-state index contributed by atoms with van der Waals surface area (Å²) in [5.74, 6) is 1.27. The van der Waals surface area contributed by atoms with Crippen molar-refractivity contribution in [3.8, 4) is 0 Å². The number of pyridine rings is 1. The van der Waals surface area contributed by atoms with Crippen LogP contribution in [0, 0.1) is 11.8 Å². The maximum Gasteiger partial charge on any atom is 0.252 e. The van der Waals surface area contributed by atoms with Gasteiger partial charge < -0.3 is 11.1 Å². The number of aromatic nitrogens is 3. The van der Waals surface area contributed by atoms with Crippen LogP contribution in [-0.2, 0) is 0 Å². The SMILES string of the molecule is CC(C)c1cc(C(=O)NC2C3CCCC2CC(N)C3)c2cnn(C(C)C)c2n1.Cl.Cl. The van der Waals surface area contributed by atoms with Gasteiger partial charge in [0.15, 0.2) is 5.65 Å². The van der Waals surface area contributed by atoms with Crippen LogP contribution in [0.25, 0.3) is 11.0 Å². The van der Waals surface area contributed by atoms with Crippen molar-refractivity contribution in [3.05, 3.63) is 23.5 Å². The normalized spacial score (nSPS) is 25.7. The third kappa shape index (κ3) is 4.61. The topological polar surface area (TPSA) is 85.8 Å². The molecule has 3 N–H and O–H groups in total. The number of carbonyl (C=O) groups is 1. The molecular weight excluding hydrogens is 421 g/mol. The van der Waals surface area contributed by atoms with Crippen molar-refractivity contribution in [2.24, 2.45) is 17.6 Å². The van der Waals surface area contributed by atoms with Gasteiger partial charge in [0.2, 0.25) is 0 Å². The van der Waals surface area contributed by atoms with Gasteiger partial charge in [-0.2, -0.15) is 5.10 Å². The highest BCUT2D eigenvalue weighted by atomic mass is 35.5. The Morgan fingerprint density at radius 3 is 2.37 bits per heavy atom. The lowest BCUT2D eigenvalue weighted by Crippen LogP contribution is -2.53. The zero-order chi connectivity index (χ0) is 20.0. The summed E-state index contributed by atoms with van der Waals surface area (Å²) in [5.41, 5.74) is 8.70. The van der Waals surface area contributed by atoms with E-state index < -0.39 is 0 Å². The van der Waals surface area contributed by atoms with E-state index in [1.807, 2.05) is 10.7 Å². The third-order valence-corrected chi connectivity index (χ3v) is 6.59. The molecule has 30 heavy (non-hydrogen) atoms. The fraction of sp³-hybridized carbons (Fsp3) is 0.682. The molecule has 0 radical (unpaired) electrons. The van der Waals surface area contributed by atoms with Crippen molar-refractivity contribution in [1.29, 1.82) is 0 Å². The van der Waals surface area contributed by atoms with E-state index in [9.17, 15) is 4.79 Å². The Morgan fingerprint density at radius 2 is 1.80 bits per heavy atom. The average Bonchev–Trinajstić information content (AvgIpc) is 3.05. The molecule has 2 aliphatic carbocycles. The molecule has 0 spiro atoms. The first-order valence-corrected chi connectivity index (χ1v) is 10.8. The zero-order valence-corrected chi connectivity index (χ0v) is 19.9. The van der Waals surface area contributed by atoms with Crippen LogP contribution in [0.5, 0.6) is 0 Å². The molecule has 2 atom stereocenters. The molecule has 2 unspecified atom stereocenters. The minimum absolute atomic E-state index is 0. The summed E-state index contributed by atoms with van der Waals surface area (Å²) in [4.78, 5) is 18.2. The fourth-order valence-corrected chi connectivity index (χ4v) is 5.15. The standard InChI is InChI=1S/C22H33N5O.2ClH/c1-12(2)19-10-17(18-11-24-27(13(3)4)21(18)25-19)22(28)26-20-14-6-5-7-15(20)9-16(23)8-14;;/h10-16,20H,5-9,23H2,1-4H3,(H,26,28);2*1H. The molecule has 6 nitrogen and oxygen atoms in total. The van der Waals surface area contributed by atoms with E-state index in [0.717, 1.165) is 29.6 Å². The molecule has 2 fully saturated rings. The van der Waals surface area contributed by atoms with Gasteiger partial charge in [-0.05, 0) is 63.4 Å². The van der Waals surface area contributed by atoms with Crippen LogP contribution in [-0.4, -0.2) is 32.8 Å². The van der Waals surface area contributed by atoms with Crippen LogP contribution in [0.1, 0.15) is 87.8 Å². The number of amides is 1. The van der Waals surface area contributed by atoms with Crippen LogP contribution >= 0.6 is 24.8 Å². The van der Waals surface area contributed by atoms with Crippen LogP contribution in [0.3, 0.4) is 0 Å². The average molecular weight is 456 g/mol. The number of hydrogen-bond acceptors (Lipinski definition) is 4. The van der Waals surface area contributed by atoms with Gasteiger partial charge >= 0.3 is 0 Å². The third-order valence-electron chi connectivity index (χ3n) is 6.59. The second-order valence-corrected chi connectivity index (χ2v) is 9.35. The molecule has 168 valence electrons. The van der Waals surface area contributed by atoms with Gasteiger partial charge in [-0.3, -0.25) is 4.79 Å². The Hall–Kier alpha value is -1.37. The van der Waals surface area contributed by atoms with Crippen LogP contribution in [0.15, 0.2) is 12.3 Å². The van der Waals surface area contributed by atoms with Crippen LogP contribution in [0.2, 0.25) is 0 Å². The smallest absolute Gasteiger partial charge is 0.252 e. The van der Waals surface area contributed by atoms with E-state index in [2.05, 4.69) is 38.1 Å². The summed E-state index contributed by atoms with van der Waals surface area (Å²) in [5, 5.41) is 8.75. The Labute approximate surface area is 191 Å². The number of hydrogen-bond donors (Lipinski definition) is 2. The van der Waals surface area contributed by atoms with Crippen molar-refractivity contribution in [3.63, 3.8) is 0 Å². The summed E-state index contributed by atoms with van der Waals surface area (Å²) >= 11 is 0. The molecule has 8 heteroatoms. The summed E-state index contributed by atoms with van der Waals surface area (Å²) in [6.07, 6.45) is 7.43. The summed E-state index contributed by atoms with van der Waals surface area (Å²) in [6.45, 7) is 8.39. The van der Waals surface area contributed by atoms with Gasteiger partial charge in [0, 0.05) is 23.8 Å². The maximum atomic E-state index is 13.4. The minimum Gasteiger partial charge on any atom is -0.349 e. The number of nitrogens with two attached hydrogens (primary N) is 1.